The summed E-state index contributed by atoms with van der Waals surface area (Å²) in [5, 5.41) is 12.4. The molecule has 1 nitrogen and oxygen atoms in total. The van der Waals surface area contributed by atoms with Gasteiger partial charge in [-0.25, -0.2) is 0 Å². The molecule has 0 aliphatic heterocycles. The van der Waals surface area contributed by atoms with Gasteiger partial charge in [0.25, 0.3) is 0 Å². The fraction of sp³-hybridized carbons (Fsp3) is 0. The quantitative estimate of drug-likeness (QED) is 0.168. The fourth-order valence-corrected chi connectivity index (χ4v) is 8.09. The average Bonchev–Trinajstić information content (AvgIpc) is 3.21. The topological polar surface area (TPSA) is 3.24 Å². The molecule has 0 heterocycles. The van der Waals surface area contributed by atoms with Crippen molar-refractivity contribution in [2.75, 3.05) is 4.90 Å². The Kier molecular flexibility index (Phi) is 6.89. The molecule has 0 aliphatic rings. The van der Waals surface area contributed by atoms with Crippen LogP contribution in [0.4, 0.5) is 17.1 Å². The van der Waals surface area contributed by atoms with E-state index < -0.39 is 0 Å². The molecule has 0 fully saturated rings. The molecule has 10 aromatic rings. The summed E-state index contributed by atoms with van der Waals surface area (Å²) >= 11 is 0. The molecule has 0 aliphatic carbocycles. The van der Waals surface area contributed by atoms with Gasteiger partial charge in [-0.1, -0.05) is 158 Å². The molecular weight excluding hydrogens is 615 g/mol. The lowest BCUT2D eigenvalue weighted by Gasteiger charge is -2.30. The summed E-state index contributed by atoms with van der Waals surface area (Å²) in [5.41, 5.74) is 8.21. The number of para-hydroxylation sites is 1. The van der Waals surface area contributed by atoms with Crippen molar-refractivity contribution in [3.8, 4) is 22.3 Å². The van der Waals surface area contributed by atoms with E-state index in [9.17, 15) is 0 Å². The lowest BCUT2D eigenvalue weighted by Crippen LogP contribution is -2.12. The largest absolute Gasteiger partial charge is 0.310 e. The molecular formula is C50H33N. The van der Waals surface area contributed by atoms with Crippen LogP contribution >= 0.6 is 0 Å². The number of anilines is 3. The molecule has 51 heavy (non-hydrogen) atoms. The SMILES string of the molecule is c1ccc(N(c2ccc3ccccc3c2)c2cccc(-c3cc4ccccc4c4ccccc34)c2-c2cc3ccccc3c3ccccc23)cc1. The predicted molar refractivity (Wildman–Crippen MR) is 220 cm³/mol. The lowest BCUT2D eigenvalue weighted by atomic mass is 9.85. The smallest absolute Gasteiger partial charge is 0.0546 e. The molecule has 0 radical (unpaired) electrons. The molecule has 0 bridgehead atoms. The third kappa shape index (κ3) is 4.86. The molecule has 0 unspecified atom stereocenters. The van der Waals surface area contributed by atoms with E-state index in [1.807, 2.05) is 0 Å². The summed E-state index contributed by atoms with van der Waals surface area (Å²) in [6, 6.07) is 73.2. The molecule has 0 atom stereocenters. The zero-order valence-corrected chi connectivity index (χ0v) is 28.0. The fourth-order valence-electron chi connectivity index (χ4n) is 8.09. The van der Waals surface area contributed by atoms with Crippen molar-refractivity contribution in [3.63, 3.8) is 0 Å². The maximum atomic E-state index is 2.44. The Balaban J connectivity index is 1.37. The Labute approximate surface area is 297 Å². The van der Waals surface area contributed by atoms with Crippen molar-refractivity contribution < 1.29 is 0 Å². The van der Waals surface area contributed by atoms with Crippen LogP contribution in [0.5, 0.6) is 0 Å². The second-order valence-corrected chi connectivity index (χ2v) is 13.3. The molecule has 10 rings (SSSR count). The Morgan fingerprint density at radius 3 is 1.43 bits per heavy atom. The second-order valence-electron chi connectivity index (χ2n) is 13.3. The Morgan fingerprint density at radius 1 is 0.255 bits per heavy atom. The molecule has 1 heteroatoms. The van der Waals surface area contributed by atoms with Crippen molar-refractivity contribution in [2.24, 2.45) is 0 Å². The minimum Gasteiger partial charge on any atom is -0.310 e. The Morgan fingerprint density at radius 2 is 0.765 bits per heavy atom. The number of fused-ring (bicyclic) bond motifs is 7. The number of hydrogen-bond donors (Lipinski definition) is 0. The standard InChI is InChI=1S/C50H33N/c1-2-19-38(20-3-1)51(39-30-29-34-15-4-5-16-35(34)31-39)49-28-14-27-46(47-32-36-17-6-8-21-40(36)42-23-10-12-25-44(42)47)50(49)48-33-37-18-7-9-22-41(37)43-24-11-13-26-45(43)48/h1-33H. The molecule has 0 saturated heterocycles. The van der Waals surface area contributed by atoms with E-state index >= 15 is 0 Å². The summed E-state index contributed by atoms with van der Waals surface area (Å²) < 4.78 is 0. The van der Waals surface area contributed by atoms with Crippen molar-refractivity contribution in [1.29, 1.82) is 0 Å². The maximum absolute atomic E-state index is 2.44. The molecule has 0 N–H and O–H groups in total. The van der Waals surface area contributed by atoms with Crippen molar-refractivity contribution in [3.05, 3.63) is 200 Å². The number of rotatable bonds is 5. The summed E-state index contributed by atoms with van der Waals surface area (Å²) in [7, 11) is 0. The number of hydrogen-bond acceptors (Lipinski definition) is 1. The minimum atomic E-state index is 1.11. The zero-order chi connectivity index (χ0) is 33.7. The number of nitrogens with zero attached hydrogens (tertiary/aromatic N) is 1. The summed E-state index contributed by atoms with van der Waals surface area (Å²) in [5.74, 6) is 0. The van der Waals surface area contributed by atoms with Crippen molar-refractivity contribution in [2.45, 2.75) is 0 Å². The Bertz CT molecular complexity index is 2920. The van der Waals surface area contributed by atoms with Crippen molar-refractivity contribution in [1.82, 2.24) is 0 Å². The molecule has 238 valence electrons. The third-order valence-electron chi connectivity index (χ3n) is 10.4. The van der Waals surface area contributed by atoms with E-state index in [0.29, 0.717) is 0 Å². The summed E-state index contributed by atoms with van der Waals surface area (Å²) in [4.78, 5) is 2.44. The van der Waals surface area contributed by atoms with E-state index in [1.54, 1.807) is 0 Å². The highest BCUT2D eigenvalue weighted by atomic mass is 15.1. The van der Waals surface area contributed by atoms with Gasteiger partial charge in [0.2, 0.25) is 0 Å². The normalized spacial score (nSPS) is 11.5. The van der Waals surface area contributed by atoms with Crippen LogP contribution in [0, 0.1) is 0 Å². The van der Waals surface area contributed by atoms with Gasteiger partial charge in [-0.05, 0) is 113 Å². The Hall–Kier alpha value is -6.70. The minimum absolute atomic E-state index is 1.11. The highest BCUT2D eigenvalue weighted by Crippen LogP contribution is 2.50. The maximum Gasteiger partial charge on any atom is 0.0546 e. The van der Waals surface area contributed by atoms with Crippen LogP contribution in [0.3, 0.4) is 0 Å². The van der Waals surface area contributed by atoms with Crippen LogP contribution in [-0.4, -0.2) is 0 Å². The molecule has 0 saturated carbocycles. The van der Waals surface area contributed by atoms with Crippen LogP contribution in [0.1, 0.15) is 0 Å². The average molecular weight is 648 g/mol. The predicted octanol–water partition coefficient (Wildman–Crippen LogP) is 14.3. The zero-order valence-electron chi connectivity index (χ0n) is 28.0. The van der Waals surface area contributed by atoms with Crippen LogP contribution in [-0.2, 0) is 0 Å². The number of benzene rings is 10. The van der Waals surface area contributed by atoms with Gasteiger partial charge in [0.15, 0.2) is 0 Å². The van der Waals surface area contributed by atoms with E-state index in [1.165, 1.54) is 76.1 Å². The van der Waals surface area contributed by atoms with Crippen LogP contribution in [0.2, 0.25) is 0 Å². The van der Waals surface area contributed by atoms with Gasteiger partial charge in [-0.3, -0.25) is 0 Å². The molecule has 10 aromatic carbocycles. The van der Waals surface area contributed by atoms with Gasteiger partial charge >= 0.3 is 0 Å². The highest BCUT2D eigenvalue weighted by Gasteiger charge is 2.24. The first-order chi connectivity index (χ1) is 25.3. The van der Waals surface area contributed by atoms with Gasteiger partial charge in [0.05, 0.1) is 5.69 Å². The summed E-state index contributed by atoms with van der Waals surface area (Å²) in [6.07, 6.45) is 0. The van der Waals surface area contributed by atoms with Gasteiger partial charge in [-0.15, -0.1) is 0 Å². The first-order valence-electron chi connectivity index (χ1n) is 17.6. The van der Waals surface area contributed by atoms with Crippen LogP contribution < -0.4 is 4.90 Å². The third-order valence-corrected chi connectivity index (χ3v) is 10.4. The monoisotopic (exact) mass is 647 g/mol. The molecule has 0 amide bonds. The van der Waals surface area contributed by atoms with E-state index in [2.05, 4.69) is 205 Å². The highest BCUT2D eigenvalue weighted by molar-refractivity contribution is 6.19. The molecule has 0 aromatic heterocycles. The van der Waals surface area contributed by atoms with Gasteiger partial charge < -0.3 is 4.90 Å². The first kappa shape index (κ1) is 29.2. The van der Waals surface area contributed by atoms with E-state index in [4.69, 9.17) is 0 Å². The lowest BCUT2D eigenvalue weighted by molar-refractivity contribution is 1.29. The van der Waals surface area contributed by atoms with Crippen LogP contribution in [0.25, 0.3) is 76.1 Å². The van der Waals surface area contributed by atoms with Crippen LogP contribution in [0.15, 0.2) is 200 Å². The van der Waals surface area contributed by atoms with Gasteiger partial charge in [0.1, 0.15) is 0 Å². The van der Waals surface area contributed by atoms with E-state index in [-0.39, 0.29) is 0 Å². The first-order valence-corrected chi connectivity index (χ1v) is 17.6. The van der Waals surface area contributed by atoms with E-state index in [0.717, 1.165) is 17.1 Å². The second kappa shape index (κ2) is 12.0. The van der Waals surface area contributed by atoms with Gasteiger partial charge in [-0.2, -0.15) is 0 Å². The molecule has 0 spiro atoms. The van der Waals surface area contributed by atoms with Crippen molar-refractivity contribution >= 4 is 70.9 Å². The summed E-state index contributed by atoms with van der Waals surface area (Å²) in [6.45, 7) is 0. The van der Waals surface area contributed by atoms with Gasteiger partial charge in [0, 0.05) is 16.9 Å².